The van der Waals surface area contributed by atoms with Crippen LogP contribution in [0.15, 0.2) is 30.3 Å². The van der Waals surface area contributed by atoms with Gasteiger partial charge in [0.15, 0.2) is 0 Å². The van der Waals surface area contributed by atoms with Crippen LogP contribution in [0.25, 0.3) is 0 Å². The van der Waals surface area contributed by atoms with Crippen molar-refractivity contribution in [2.24, 2.45) is 5.92 Å². The Bertz CT molecular complexity index is 382. The van der Waals surface area contributed by atoms with E-state index in [9.17, 15) is 9.59 Å². The van der Waals surface area contributed by atoms with E-state index in [2.05, 4.69) is 0 Å². The third-order valence-corrected chi connectivity index (χ3v) is 2.68. The lowest BCUT2D eigenvalue weighted by atomic mass is 10.1. The number of ether oxygens (including phenoxy) is 1. The summed E-state index contributed by atoms with van der Waals surface area (Å²) in [6.45, 7) is 3.94. The van der Waals surface area contributed by atoms with E-state index in [1.807, 2.05) is 30.3 Å². The Morgan fingerprint density at radius 2 is 1.83 bits per heavy atom. The number of carbonyl (C=O) groups is 2. The maximum atomic E-state index is 11.3. The van der Waals surface area contributed by atoms with E-state index in [1.165, 1.54) is 5.56 Å². The van der Waals surface area contributed by atoms with Crippen LogP contribution in [-0.4, -0.2) is 18.4 Å². The molecule has 18 heavy (non-hydrogen) atoms. The molecule has 0 aromatic heterocycles. The summed E-state index contributed by atoms with van der Waals surface area (Å²) in [4.78, 5) is 22.6. The fraction of sp³-hybridized carbons (Fsp3) is 0.467. The summed E-state index contributed by atoms with van der Waals surface area (Å²) in [7, 11) is 0. The predicted octanol–water partition coefficient (Wildman–Crippen LogP) is 2.78. The standard InChI is InChI=1S/C15H20O3/c1-12(2)14(16)11-15(17)18-10-6-9-13-7-4-3-5-8-13/h3-5,7-8,12H,6,9-11H2,1-2H3. The van der Waals surface area contributed by atoms with Crippen molar-refractivity contribution in [3.8, 4) is 0 Å². The van der Waals surface area contributed by atoms with Gasteiger partial charge in [0.25, 0.3) is 0 Å². The summed E-state index contributed by atoms with van der Waals surface area (Å²) in [5.41, 5.74) is 1.23. The minimum atomic E-state index is -0.415. The first-order chi connectivity index (χ1) is 8.59. The summed E-state index contributed by atoms with van der Waals surface area (Å²) in [5, 5.41) is 0. The number of hydrogen-bond acceptors (Lipinski definition) is 3. The molecular formula is C15H20O3. The Morgan fingerprint density at radius 3 is 2.44 bits per heavy atom. The zero-order valence-electron chi connectivity index (χ0n) is 11.0. The number of Topliss-reactive ketones (excluding diaryl/α,β-unsaturated/α-hetero) is 1. The molecule has 98 valence electrons. The molecule has 0 aliphatic carbocycles. The van der Waals surface area contributed by atoms with E-state index in [-0.39, 0.29) is 18.1 Å². The molecule has 0 N–H and O–H groups in total. The normalized spacial score (nSPS) is 10.4. The average Bonchev–Trinajstić information content (AvgIpc) is 2.35. The van der Waals surface area contributed by atoms with Crippen LogP contribution in [0.5, 0.6) is 0 Å². The van der Waals surface area contributed by atoms with Crippen molar-refractivity contribution in [3.63, 3.8) is 0 Å². The van der Waals surface area contributed by atoms with E-state index >= 15 is 0 Å². The van der Waals surface area contributed by atoms with Gasteiger partial charge in [-0.25, -0.2) is 0 Å². The van der Waals surface area contributed by atoms with Crippen molar-refractivity contribution in [2.45, 2.75) is 33.1 Å². The van der Waals surface area contributed by atoms with Crippen molar-refractivity contribution in [1.29, 1.82) is 0 Å². The van der Waals surface area contributed by atoms with Crippen LogP contribution in [0, 0.1) is 5.92 Å². The van der Waals surface area contributed by atoms with Crippen LogP contribution < -0.4 is 0 Å². The van der Waals surface area contributed by atoms with Crippen LogP contribution in [0.2, 0.25) is 0 Å². The number of rotatable bonds is 7. The lowest BCUT2D eigenvalue weighted by Crippen LogP contribution is -2.16. The van der Waals surface area contributed by atoms with Crippen molar-refractivity contribution >= 4 is 11.8 Å². The summed E-state index contributed by atoms with van der Waals surface area (Å²) in [5.74, 6) is -0.591. The molecule has 0 bridgehead atoms. The molecule has 0 radical (unpaired) electrons. The summed E-state index contributed by atoms with van der Waals surface area (Å²) in [6.07, 6.45) is 1.56. The molecule has 0 saturated heterocycles. The maximum Gasteiger partial charge on any atom is 0.313 e. The van der Waals surface area contributed by atoms with Crippen molar-refractivity contribution in [3.05, 3.63) is 35.9 Å². The van der Waals surface area contributed by atoms with Gasteiger partial charge in [0.05, 0.1) is 6.61 Å². The predicted molar refractivity (Wildman–Crippen MR) is 70.2 cm³/mol. The molecule has 0 fully saturated rings. The molecule has 0 aliphatic heterocycles. The monoisotopic (exact) mass is 248 g/mol. The first kappa shape index (κ1) is 14.4. The van der Waals surface area contributed by atoms with Crippen LogP contribution in [0.3, 0.4) is 0 Å². The van der Waals surface area contributed by atoms with Gasteiger partial charge in [0.2, 0.25) is 0 Å². The zero-order valence-corrected chi connectivity index (χ0v) is 11.0. The molecule has 0 unspecified atom stereocenters. The molecular weight excluding hydrogens is 228 g/mol. The van der Waals surface area contributed by atoms with E-state index in [0.717, 1.165) is 12.8 Å². The van der Waals surface area contributed by atoms with Gasteiger partial charge in [-0.3, -0.25) is 9.59 Å². The molecule has 3 nitrogen and oxygen atoms in total. The largest absolute Gasteiger partial charge is 0.465 e. The number of ketones is 1. The smallest absolute Gasteiger partial charge is 0.313 e. The number of benzene rings is 1. The summed E-state index contributed by atoms with van der Waals surface area (Å²) >= 11 is 0. The quantitative estimate of drug-likeness (QED) is 0.423. The lowest BCUT2D eigenvalue weighted by molar-refractivity contribution is -0.146. The lowest BCUT2D eigenvalue weighted by Gasteiger charge is -2.06. The second-order valence-electron chi connectivity index (χ2n) is 4.61. The Labute approximate surface area is 108 Å². The van der Waals surface area contributed by atoms with E-state index in [0.29, 0.717) is 6.61 Å². The molecule has 0 heterocycles. The second-order valence-corrected chi connectivity index (χ2v) is 4.61. The topological polar surface area (TPSA) is 43.4 Å². The first-order valence-electron chi connectivity index (χ1n) is 6.32. The molecule has 0 atom stereocenters. The summed E-state index contributed by atoms with van der Waals surface area (Å²) < 4.78 is 5.02. The van der Waals surface area contributed by atoms with E-state index in [4.69, 9.17) is 4.74 Å². The third kappa shape index (κ3) is 5.62. The highest BCUT2D eigenvalue weighted by Gasteiger charge is 2.13. The molecule has 0 saturated carbocycles. The zero-order chi connectivity index (χ0) is 13.4. The fourth-order valence-corrected chi connectivity index (χ4v) is 1.50. The number of esters is 1. The third-order valence-electron chi connectivity index (χ3n) is 2.68. The number of hydrogen-bond donors (Lipinski definition) is 0. The second kappa shape index (κ2) is 7.64. The molecule has 1 rings (SSSR count). The Morgan fingerprint density at radius 1 is 1.17 bits per heavy atom. The fourth-order valence-electron chi connectivity index (χ4n) is 1.50. The molecule has 0 spiro atoms. The van der Waals surface area contributed by atoms with Crippen molar-refractivity contribution in [1.82, 2.24) is 0 Å². The van der Waals surface area contributed by atoms with Crippen LogP contribution in [0.4, 0.5) is 0 Å². The van der Waals surface area contributed by atoms with E-state index < -0.39 is 5.97 Å². The molecule has 1 aromatic carbocycles. The van der Waals surface area contributed by atoms with Crippen LogP contribution >= 0.6 is 0 Å². The van der Waals surface area contributed by atoms with Crippen molar-refractivity contribution in [2.75, 3.05) is 6.61 Å². The molecule has 3 heteroatoms. The number of carbonyl (C=O) groups excluding carboxylic acids is 2. The average molecular weight is 248 g/mol. The summed E-state index contributed by atoms with van der Waals surface area (Å²) in [6, 6.07) is 10.0. The van der Waals surface area contributed by atoms with Crippen LogP contribution in [0.1, 0.15) is 32.3 Å². The van der Waals surface area contributed by atoms with Crippen molar-refractivity contribution < 1.29 is 14.3 Å². The Balaban J connectivity index is 2.15. The minimum Gasteiger partial charge on any atom is -0.465 e. The molecule has 0 amide bonds. The highest BCUT2D eigenvalue weighted by molar-refractivity contribution is 5.96. The highest BCUT2D eigenvalue weighted by atomic mass is 16.5. The van der Waals surface area contributed by atoms with Gasteiger partial charge in [-0.1, -0.05) is 44.2 Å². The Hall–Kier alpha value is -1.64. The van der Waals surface area contributed by atoms with Crippen LogP contribution in [-0.2, 0) is 20.7 Å². The maximum absolute atomic E-state index is 11.3. The van der Waals surface area contributed by atoms with Gasteiger partial charge in [-0.05, 0) is 18.4 Å². The Kier molecular flexibility index (Phi) is 6.12. The van der Waals surface area contributed by atoms with Gasteiger partial charge < -0.3 is 4.74 Å². The van der Waals surface area contributed by atoms with Gasteiger partial charge >= 0.3 is 5.97 Å². The minimum absolute atomic E-state index is 0.0666. The number of aryl methyl sites for hydroxylation is 1. The first-order valence-corrected chi connectivity index (χ1v) is 6.32. The highest BCUT2D eigenvalue weighted by Crippen LogP contribution is 2.04. The van der Waals surface area contributed by atoms with Gasteiger partial charge in [-0.2, -0.15) is 0 Å². The van der Waals surface area contributed by atoms with Gasteiger partial charge in [0, 0.05) is 5.92 Å². The SMILES string of the molecule is CC(C)C(=O)CC(=O)OCCCc1ccccc1. The molecule has 1 aromatic rings. The van der Waals surface area contributed by atoms with E-state index in [1.54, 1.807) is 13.8 Å². The van der Waals surface area contributed by atoms with Gasteiger partial charge in [-0.15, -0.1) is 0 Å². The molecule has 0 aliphatic rings. The van der Waals surface area contributed by atoms with Gasteiger partial charge in [0.1, 0.15) is 12.2 Å².